The summed E-state index contributed by atoms with van der Waals surface area (Å²) in [6, 6.07) is 9.56. The molecule has 1 saturated carbocycles. The van der Waals surface area contributed by atoms with Crippen LogP contribution in [0.3, 0.4) is 0 Å². The van der Waals surface area contributed by atoms with Gasteiger partial charge in [-0.15, -0.1) is 0 Å². The van der Waals surface area contributed by atoms with Crippen LogP contribution in [-0.2, 0) is 16.0 Å². The van der Waals surface area contributed by atoms with Crippen LogP contribution in [0.4, 0.5) is 0 Å². The van der Waals surface area contributed by atoms with Crippen molar-refractivity contribution >= 4 is 5.91 Å². The summed E-state index contributed by atoms with van der Waals surface area (Å²) in [7, 11) is 0. The molecule has 1 spiro atoms. The summed E-state index contributed by atoms with van der Waals surface area (Å²) in [6.45, 7) is 3.77. The van der Waals surface area contributed by atoms with Crippen molar-refractivity contribution in [1.29, 1.82) is 0 Å². The zero-order valence-corrected chi connectivity index (χ0v) is 14.2. The highest BCUT2D eigenvalue weighted by Crippen LogP contribution is 2.50. The number of carbonyl (C=O) groups excluding carboxylic acids is 1. The Labute approximate surface area is 143 Å². The first-order chi connectivity index (χ1) is 11.6. The molecule has 1 amide bonds. The second-order valence-electron chi connectivity index (χ2n) is 6.96. The number of amides is 1. The van der Waals surface area contributed by atoms with E-state index in [1.807, 2.05) is 37.3 Å². The molecule has 3 rings (SSSR count). The van der Waals surface area contributed by atoms with E-state index < -0.39 is 6.10 Å². The lowest BCUT2D eigenvalue weighted by Gasteiger charge is -2.56. The van der Waals surface area contributed by atoms with E-state index in [-0.39, 0.29) is 23.5 Å². The number of ether oxygens (including phenoxy) is 1. The average molecular weight is 333 g/mol. The molecule has 0 bridgehead atoms. The first-order valence-corrected chi connectivity index (χ1v) is 8.87. The number of hydrogen-bond acceptors (Lipinski definition) is 4. The van der Waals surface area contributed by atoms with E-state index >= 15 is 0 Å². The Morgan fingerprint density at radius 1 is 1.33 bits per heavy atom. The Morgan fingerprint density at radius 2 is 2.00 bits per heavy atom. The van der Waals surface area contributed by atoms with E-state index in [4.69, 9.17) is 4.74 Å². The van der Waals surface area contributed by atoms with Crippen molar-refractivity contribution in [2.75, 3.05) is 19.7 Å². The van der Waals surface area contributed by atoms with Crippen LogP contribution in [0.2, 0.25) is 0 Å². The average Bonchev–Trinajstić information content (AvgIpc) is 2.62. The topological polar surface area (TPSA) is 70.0 Å². The van der Waals surface area contributed by atoms with Gasteiger partial charge in [0.05, 0.1) is 12.2 Å². The SMILES string of the molecule is CCOC1CC(O)C12CCN(C(=O)[C@@H](O)Cc1ccccc1)CC2. The molecule has 1 aromatic rings. The predicted molar refractivity (Wildman–Crippen MR) is 90.4 cm³/mol. The van der Waals surface area contributed by atoms with E-state index in [2.05, 4.69) is 0 Å². The summed E-state index contributed by atoms with van der Waals surface area (Å²) in [5.41, 5.74) is 0.759. The van der Waals surface area contributed by atoms with Crippen molar-refractivity contribution in [2.45, 2.75) is 50.9 Å². The molecule has 2 aliphatic rings. The van der Waals surface area contributed by atoms with Gasteiger partial charge in [0.2, 0.25) is 0 Å². The molecule has 2 N–H and O–H groups in total. The van der Waals surface area contributed by atoms with Crippen molar-refractivity contribution < 1.29 is 19.7 Å². The summed E-state index contributed by atoms with van der Waals surface area (Å²) >= 11 is 0. The van der Waals surface area contributed by atoms with E-state index in [1.165, 1.54) is 0 Å². The molecular formula is C19H27NO4. The lowest BCUT2D eigenvalue weighted by atomic mass is 9.58. The van der Waals surface area contributed by atoms with Crippen molar-refractivity contribution in [1.82, 2.24) is 4.90 Å². The highest BCUT2D eigenvalue weighted by atomic mass is 16.5. The molecule has 1 saturated heterocycles. The molecule has 1 aliphatic carbocycles. The Bertz CT molecular complexity index is 552. The molecule has 1 heterocycles. The fraction of sp³-hybridized carbons (Fsp3) is 0.632. The van der Waals surface area contributed by atoms with Crippen molar-refractivity contribution in [2.24, 2.45) is 5.41 Å². The normalized spacial score (nSPS) is 26.9. The molecule has 0 aromatic heterocycles. The summed E-state index contributed by atoms with van der Waals surface area (Å²) in [4.78, 5) is 14.2. The number of nitrogens with zero attached hydrogens (tertiary/aromatic N) is 1. The Morgan fingerprint density at radius 3 is 2.58 bits per heavy atom. The fourth-order valence-corrected chi connectivity index (χ4v) is 4.10. The van der Waals surface area contributed by atoms with Crippen LogP contribution in [0.25, 0.3) is 0 Å². The van der Waals surface area contributed by atoms with Gasteiger partial charge in [-0.1, -0.05) is 30.3 Å². The highest BCUT2D eigenvalue weighted by molar-refractivity contribution is 5.81. The minimum Gasteiger partial charge on any atom is -0.392 e. The van der Waals surface area contributed by atoms with E-state index in [9.17, 15) is 15.0 Å². The molecule has 0 radical (unpaired) electrons. The zero-order valence-electron chi connectivity index (χ0n) is 14.2. The number of carbonyl (C=O) groups is 1. The van der Waals surface area contributed by atoms with Gasteiger partial charge in [-0.25, -0.2) is 0 Å². The molecule has 1 aliphatic heterocycles. The number of hydrogen-bond donors (Lipinski definition) is 2. The monoisotopic (exact) mass is 333 g/mol. The molecule has 1 aromatic carbocycles. The smallest absolute Gasteiger partial charge is 0.251 e. The predicted octanol–water partition coefficient (Wildman–Crippen LogP) is 1.37. The quantitative estimate of drug-likeness (QED) is 0.854. The maximum Gasteiger partial charge on any atom is 0.251 e. The van der Waals surface area contributed by atoms with Gasteiger partial charge >= 0.3 is 0 Å². The van der Waals surface area contributed by atoms with Crippen LogP contribution in [0.5, 0.6) is 0 Å². The number of benzene rings is 1. The Kier molecular flexibility index (Phi) is 5.23. The van der Waals surface area contributed by atoms with E-state index in [0.717, 1.165) is 18.4 Å². The van der Waals surface area contributed by atoms with Gasteiger partial charge in [0.1, 0.15) is 6.10 Å². The van der Waals surface area contributed by atoms with Crippen LogP contribution in [-0.4, -0.2) is 59.0 Å². The first-order valence-electron chi connectivity index (χ1n) is 8.87. The van der Waals surface area contributed by atoms with Gasteiger partial charge in [0.25, 0.3) is 5.91 Å². The third-order valence-electron chi connectivity index (χ3n) is 5.67. The molecule has 5 nitrogen and oxygen atoms in total. The first kappa shape index (κ1) is 17.4. The van der Waals surface area contributed by atoms with Gasteiger partial charge in [-0.05, 0) is 25.3 Å². The lowest BCUT2D eigenvalue weighted by molar-refractivity contribution is -0.210. The third-order valence-corrected chi connectivity index (χ3v) is 5.67. The van der Waals surface area contributed by atoms with Gasteiger partial charge in [0.15, 0.2) is 0 Å². The van der Waals surface area contributed by atoms with Crippen molar-refractivity contribution in [3.63, 3.8) is 0 Å². The minimum atomic E-state index is -1.00. The second kappa shape index (κ2) is 7.21. The second-order valence-corrected chi connectivity index (χ2v) is 6.96. The number of piperidine rings is 1. The Hall–Kier alpha value is -1.43. The standard InChI is InChI=1S/C19H27NO4/c1-2-24-17-13-16(22)19(17)8-10-20(11-9-19)18(23)15(21)12-14-6-4-3-5-7-14/h3-7,15-17,21-22H,2,8-13H2,1H3/t15-,16?,17?/m0/s1. The minimum absolute atomic E-state index is 0.101. The van der Waals surface area contributed by atoms with Crippen molar-refractivity contribution in [3.05, 3.63) is 35.9 Å². The summed E-state index contributed by atoms with van der Waals surface area (Å²) in [5.74, 6) is -0.213. The molecular weight excluding hydrogens is 306 g/mol. The fourth-order valence-electron chi connectivity index (χ4n) is 4.10. The van der Waals surface area contributed by atoms with Gasteiger partial charge in [0, 0.05) is 38.0 Å². The number of rotatable bonds is 5. The van der Waals surface area contributed by atoms with E-state index in [1.54, 1.807) is 4.90 Å². The number of likely N-dealkylation sites (tertiary alicyclic amines) is 1. The number of aliphatic hydroxyl groups excluding tert-OH is 2. The third kappa shape index (κ3) is 3.21. The molecule has 5 heteroatoms. The van der Waals surface area contributed by atoms with Crippen LogP contribution in [0, 0.1) is 5.41 Å². The molecule has 24 heavy (non-hydrogen) atoms. The zero-order chi connectivity index (χ0) is 17.2. The molecule has 3 atom stereocenters. The lowest BCUT2D eigenvalue weighted by Crippen LogP contribution is -2.63. The van der Waals surface area contributed by atoms with Crippen molar-refractivity contribution in [3.8, 4) is 0 Å². The van der Waals surface area contributed by atoms with Crippen LogP contribution >= 0.6 is 0 Å². The Balaban J connectivity index is 1.55. The molecule has 2 fully saturated rings. The van der Waals surface area contributed by atoms with Gasteiger partial charge < -0.3 is 19.8 Å². The maximum absolute atomic E-state index is 12.5. The maximum atomic E-state index is 12.5. The van der Waals surface area contributed by atoms with Gasteiger partial charge in [-0.3, -0.25) is 4.79 Å². The largest absolute Gasteiger partial charge is 0.392 e. The summed E-state index contributed by atoms with van der Waals surface area (Å²) in [5, 5.41) is 20.5. The number of aliphatic hydroxyl groups is 2. The van der Waals surface area contributed by atoms with Crippen LogP contribution < -0.4 is 0 Å². The van der Waals surface area contributed by atoms with Gasteiger partial charge in [-0.2, -0.15) is 0 Å². The summed E-state index contributed by atoms with van der Waals surface area (Å²) in [6.07, 6.45) is 1.27. The summed E-state index contributed by atoms with van der Waals surface area (Å²) < 4.78 is 5.75. The van der Waals surface area contributed by atoms with Crippen LogP contribution in [0.1, 0.15) is 31.7 Å². The molecule has 132 valence electrons. The molecule has 2 unspecified atom stereocenters. The van der Waals surface area contributed by atoms with E-state index in [0.29, 0.717) is 32.5 Å². The van der Waals surface area contributed by atoms with Crippen LogP contribution in [0.15, 0.2) is 30.3 Å². The highest BCUT2D eigenvalue weighted by Gasteiger charge is 2.56.